The van der Waals surface area contributed by atoms with Crippen LogP contribution in [0.2, 0.25) is 5.02 Å². The highest BCUT2D eigenvalue weighted by Gasteiger charge is 2.14. The minimum Gasteiger partial charge on any atom is -0.489 e. The lowest BCUT2D eigenvalue weighted by atomic mass is 10.1. The van der Waals surface area contributed by atoms with E-state index in [2.05, 4.69) is 0 Å². The summed E-state index contributed by atoms with van der Waals surface area (Å²) >= 11 is 5.75. The molecule has 0 fully saturated rings. The number of ether oxygens (including phenoxy) is 1. The van der Waals surface area contributed by atoms with Gasteiger partial charge in [-0.1, -0.05) is 17.7 Å². The Morgan fingerprint density at radius 3 is 2.67 bits per heavy atom. The van der Waals surface area contributed by atoms with Crippen molar-refractivity contribution in [2.45, 2.75) is 25.9 Å². The van der Waals surface area contributed by atoms with E-state index in [9.17, 15) is 9.50 Å². The molecule has 0 atom stereocenters. The van der Waals surface area contributed by atoms with Gasteiger partial charge in [0.05, 0.1) is 17.2 Å². The fraction of sp³-hybridized carbons (Fsp3) is 0.455. The normalized spacial score (nSPS) is 11.5. The average Bonchev–Trinajstić information content (AvgIpc) is 2.08. The van der Waals surface area contributed by atoms with Crippen molar-refractivity contribution in [1.29, 1.82) is 0 Å². The number of aliphatic hydroxyl groups is 1. The maximum Gasteiger partial charge on any atom is 0.173 e. The van der Waals surface area contributed by atoms with Crippen molar-refractivity contribution in [2.24, 2.45) is 0 Å². The second-order valence-corrected chi connectivity index (χ2v) is 4.37. The van der Waals surface area contributed by atoms with Crippen LogP contribution in [-0.4, -0.2) is 17.3 Å². The van der Waals surface area contributed by atoms with E-state index in [1.807, 2.05) is 0 Å². The average molecular weight is 233 g/mol. The van der Waals surface area contributed by atoms with Gasteiger partial charge in [0.25, 0.3) is 0 Å². The summed E-state index contributed by atoms with van der Waals surface area (Å²) in [6.45, 7) is 3.56. The summed E-state index contributed by atoms with van der Waals surface area (Å²) in [7, 11) is 0. The lowest BCUT2D eigenvalue weighted by Crippen LogP contribution is -2.22. The Balaban J connectivity index is 2.58. The third-order valence-electron chi connectivity index (χ3n) is 1.88. The van der Waals surface area contributed by atoms with Gasteiger partial charge in [0.2, 0.25) is 0 Å². The second kappa shape index (κ2) is 4.81. The molecule has 0 aromatic heterocycles. The molecule has 0 aliphatic heterocycles. The Morgan fingerprint density at radius 2 is 2.13 bits per heavy atom. The molecule has 0 amide bonds. The first-order valence-electron chi connectivity index (χ1n) is 4.69. The Bertz CT molecular complexity index is 314. The first-order valence-corrected chi connectivity index (χ1v) is 5.07. The maximum atomic E-state index is 13.2. The highest BCUT2D eigenvalue weighted by atomic mass is 35.5. The largest absolute Gasteiger partial charge is 0.489 e. The molecule has 84 valence electrons. The summed E-state index contributed by atoms with van der Waals surface area (Å²) in [6.07, 6.45) is 0.414. The van der Waals surface area contributed by atoms with Crippen molar-refractivity contribution < 1.29 is 14.2 Å². The van der Waals surface area contributed by atoms with Gasteiger partial charge in [0, 0.05) is 6.42 Å². The number of rotatable bonds is 4. The minimum absolute atomic E-state index is 0.0448. The predicted octanol–water partition coefficient (Wildman–Crippen LogP) is 3.02. The summed E-state index contributed by atoms with van der Waals surface area (Å²) < 4.78 is 18.4. The predicted molar refractivity (Wildman–Crippen MR) is 57.8 cm³/mol. The van der Waals surface area contributed by atoms with Gasteiger partial charge >= 0.3 is 0 Å². The van der Waals surface area contributed by atoms with Gasteiger partial charge in [-0.15, -0.1) is 0 Å². The topological polar surface area (TPSA) is 29.5 Å². The monoisotopic (exact) mass is 232 g/mol. The van der Waals surface area contributed by atoms with Crippen LogP contribution in [0.3, 0.4) is 0 Å². The number of benzene rings is 1. The molecule has 0 saturated carbocycles. The van der Waals surface area contributed by atoms with E-state index < -0.39 is 11.4 Å². The van der Waals surface area contributed by atoms with Crippen molar-refractivity contribution in [2.75, 3.05) is 6.61 Å². The van der Waals surface area contributed by atoms with Crippen LogP contribution >= 0.6 is 11.6 Å². The quantitative estimate of drug-likeness (QED) is 0.865. The highest BCUT2D eigenvalue weighted by molar-refractivity contribution is 6.32. The smallest absolute Gasteiger partial charge is 0.173 e. The fourth-order valence-electron chi connectivity index (χ4n) is 1.02. The van der Waals surface area contributed by atoms with E-state index in [0.717, 1.165) is 0 Å². The zero-order valence-corrected chi connectivity index (χ0v) is 9.51. The van der Waals surface area contributed by atoms with Gasteiger partial charge in [-0.25, -0.2) is 4.39 Å². The van der Waals surface area contributed by atoms with Crippen molar-refractivity contribution in [1.82, 2.24) is 0 Å². The molecule has 0 bridgehead atoms. The number of halogens is 2. The SMILES string of the molecule is CC(C)(O)CCOc1c(F)cccc1Cl. The molecule has 0 aliphatic carbocycles. The molecule has 0 unspecified atom stereocenters. The number of hydrogen-bond donors (Lipinski definition) is 1. The van der Waals surface area contributed by atoms with Crippen LogP contribution in [0.25, 0.3) is 0 Å². The molecular formula is C11H14ClFO2. The van der Waals surface area contributed by atoms with Gasteiger partial charge in [0.1, 0.15) is 0 Å². The van der Waals surface area contributed by atoms with Crippen LogP contribution in [0, 0.1) is 5.82 Å². The summed E-state index contributed by atoms with van der Waals surface area (Å²) in [5.41, 5.74) is -0.822. The maximum absolute atomic E-state index is 13.2. The van der Waals surface area contributed by atoms with Crippen LogP contribution in [-0.2, 0) is 0 Å². The molecule has 2 nitrogen and oxygen atoms in total. The lowest BCUT2D eigenvalue weighted by molar-refractivity contribution is 0.0547. The molecular weight excluding hydrogens is 219 g/mol. The van der Waals surface area contributed by atoms with E-state index in [1.54, 1.807) is 19.9 Å². The lowest BCUT2D eigenvalue weighted by Gasteiger charge is -2.17. The van der Waals surface area contributed by atoms with Gasteiger partial charge < -0.3 is 9.84 Å². The third-order valence-corrected chi connectivity index (χ3v) is 2.18. The molecule has 0 spiro atoms. The van der Waals surface area contributed by atoms with E-state index in [-0.39, 0.29) is 17.4 Å². The summed E-state index contributed by atoms with van der Waals surface area (Å²) in [4.78, 5) is 0. The molecule has 0 saturated heterocycles. The molecule has 0 aliphatic rings. The molecule has 4 heteroatoms. The number of hydrogen-bond acceptors (Lipinski definition) is 2. The number of para-hydroxylation sites is 1. The highest BCUT2D eigenvalue weighted by Crippen LogP contribution is 2.27. The van der Waals surface area contributed by atoms with Gasteiger partial charge in [-0.3, -0.25) is 0 Å². The molecule has 1 aromatic carbocycles. The van der Waals surface area contributed by atoms with Crippen LogP contribution < -0.4 is 4.74 Å². The van der Waals surface area contributed by atoms with Gasteiger partial charge in [-0.2, -0.15) is 0 Å². The molecule has 1 rings (SSSR count). The first kappa shape index (κ1) is 12.3. The van der Waals surface area contributed by atoms with Crippen LogP contribution in [0.4, 0.5) is 4.39 Å². The van der Waals surface area contributed by atoms with E-state index in [4.69, 9.17) is 16.3 Å². The summed E-state index contributed by atoms with van der Waals surface area (Å²) in [5.74, 6) is -0.443. The Kier molecular flexibility index (Phi) is 3.94. The molecule has 1 aromatic rings. The Labute approximate surface area is 93.6 Å². The Morgan fingerprint density at radius 1 is 1.47 bits per heavy atom. The Hall–Kier alpha value is -0.800. The summed E-state index contributed by atoms with van der Waals surface area (Å²) in [6, 6.07) is 4.36. The van der Waals surface area contributed by atoms with Crippen molar-refractivity contribution in [3.63, 3.8) is 0 Å². The van der Waals surface area contributed by atoms with Crippen LogP contribution in [0.1, 0.15) is 20.3 Å². The van der Waals surface area contributed by atoms with E-state index in [0.29, 0.717) is 6.42 Å². The van der Waals surface area contributed by atoms with Crippen molar-refractivity contribution in [3.8, 4) is 5.75 Å². The van der Waals surface area contributed by atoms with E-state index >= 15 is 0 Å². The zero-order valence-electron chi connectivity index (χ0n) is 8.76. The molecule has 0 radical (unpaired) electrons. The first-order chi connectivity index (χ1) is 6.90. The van der Waals surface area contributed by atoms with Crippen molar-refractivity contribution in [3.05, 3.63) is 29.0 Å². The third kappa shape index (κ3) is 4.06. The zero-order chi connectivity index (χ0) is 11.5. The van der Waals surface area contributed by atoms with Gasteiger partial charge in [0.15, 0.2) is 11.6 Å². The second-order valence-electron chi connectivity index (χ2n) is 3.96. The molecule has 15 heavy (non-hydrogen) atoms. The standard InChI is InChI=1S/C11H14ClFO2/c1-11(2,14)6-7-15-10-8(12)4-3-5-9(10)13/h3-5,14H,6-7H2,1-2H3. The minimum atomic E-state index is -0.822. The van der Waals surface area contributed by atoms with Crippen LogP contribution in [0.15, 0.2) is 18.2 Å². The van der Waals surface area contributed by atoms with Crippen molar-refractivity contribution >= 4 is 11.6 Å². The molecule has 1 N–H and O–H groups in total. The summed E-state index contributed by atoms with van der Waals surface area (Å²) in [5, 5.41) is 9.67. The van der Waals surface area contributed by atoms with E-state index in [1.165, 1.54) is 12.1 Å². The van der Waals surface area contributed by atoms with Gasteiger partial charge in [-0.05, 0) is 26.0 Å². The molecule has 0 heterocycles. The fourth-order valence-corrected chi connectivity index (χ4v) is 1.24. The van der Waals surface area contributed by atoms with Crippen LogP contribution in [0.5, 0.6) is 5.75 Å².